The SMILES string of the molecule is CC(=O)OC1C=CC(COC(=O)CC(C)C)=CC2OC(=O)C(C)C2(O)C(OC(C)=O)C2C3(CO3)C(O)C(OC(=O)CC(C)C)C(OC(C)=O)C12C. The molecule has 2 heterocycles. The minimum absolute atomic E-state index is 0.0121. The smallest absolute Gasteiger partial charge is 0.312 e. The molecule has 1 spiro atoms. The number of carbonyl (C=O) groups excluding carboxylic acids is 6. The van der Waals surface area contributed by atoms with Crippen molar-refractivity contribution in [1.29, 1.82) is 0 Å². The van der Waals surface area contributed by atoms with Crippen LogP contribution in [-0.4, -0.2) is 107 Å². The first-order chi connectivity index (χ1) is 23.7. The Morgan fingerprint density at radius 2 is 1.45 bits per heavy atom. The minimum Gasteiger partial charge on any atom is -0.461 e. The van der Waals surface area contributed by atoms with Crippen LogP contribution in [0.2, 0.25) is 0 Å². The number of aliphatic hydroxyl groups excluding tert-OH is 1. The Labute approximate surface area is 296 Å². The average molecular weight is 723 g/mol. The Kier molecular flexibility index (Phi) is 11.8. The number of esters is 6. The van der Waals surface area contributed by atoms with Crippen LogP contribution in [0.1, 0.15) is 75.2 Å². The van der Waals surface area contributed by atoms with Crippen LogP contribution in [0.25, 0.3) is 0 Å². The molecule has 2 saturated heterocycles. The summed E-state index contributed by atoms with van der Waals surface area (Å²) in [6.07, 6.45) is -5.44. The summed E-state index contributed by atoms with van der Waals surface area (Å²) in [6.45, 7) is 12.9. The monoisotopic (exact) mass is 722 g/mol. The van der Waals surface area contributed by atoms with Gasteiger partial charge >= 0.3 is 35.8 Å². The lowest BCUT2D eigenvalue weighted by atomic mass is 9.51. The molecule has 15 heteroatoms. The molecule has 0 amide bonds. The second-order valence-electron chi connectivity index (χ2n) is 15.0. The molecule has 11 unspecified atom stereocenters. The molecule has 51 heavy (non-hydrogen) atoms. The molecule has 4 rings (SSSR count). The Bertz CT molecular complexity index is 1460. The third kappa shape index (κ3) is 7.85. The number of carbonyl (C=O) groups is 6. The number of hydrogen-bond acceptors (Lipinski definition) is 15. The standard InChI is InChI=1S/C36H50O15/c1-17(2)12-26(40)45-15-23-10-11-24(47-20(6)37)34(9)29(32(49-22(8)39)36(44)19(5)33(43)50-25(36)14-23)35(16-46-35)30(42)28(31(34)48-21(7)38)51-27(41)13-18(3)4/h10-11,14,17-19,24-25,28-32,42,44H,12-13,15-16H2,1-9H3. The largest absolute Gasteiger partial charge is 0.461 e. The molecule has 0 aromatic carbocycles. The van der Waals surface area contributed by atoms with Gasteiger partial charge in [-0.1, -0.05) is 40.7 Å². The van der Waals surface area contributed by atoms with Crippen molar-refractivity contribution in [2.75, 3.05) is 13.2 Å². The molecule has 2 aliphatic heterocycles. The first kappa shape index (κ1) is 40.0. The predicted molar refractivity (Wildman–Crippen MR) is 174 cm³/mol. The molecule has 2 N–H and O–H groups in total. The summed E-state index contributed by atoms with van der Waals surface area (Å²) in [7, 11) is 0. The van der Waals surface area contributed by atoms with Gasteiger partial charge in [-0.05, 0) is 36.5 Å². The molecular weight excluding hydrogens is 672 g/mol. The number of fused-ring (bicyclic) bond motifs is 3. The zero-order valence-electron chi connectivity index (χ0n) is 30.5. The highest BCUT2D eigenvalue weighted by Gasteiger charge is 2.80. The summed E-state index contributed by atoms with van der Waals surface area (Å²) in [5.41, 5.74) is -5.80. The quantitative estimate of drug-likeness (QED) is 0.187. The van der Waals surface area contributed by atoms with Gasteiger partial charge in [0.25, 0.3) is 0 Å². The number of aliphatic hydroxyl groups is 2. The Morgan fingerprint density at radius 3 is 1.98 bits per heavy atom. The van der Waals surface area contributed by atoms with Crippen molar-refractivity contribution in [3.63, 3.8) is 0 Å². The van der Waals surface area contributed by atoms with Crippen LogP contribution in [0.4, 0.5) is 0 Å². The molecule has 0 aromatic heterocycles. The fraction of sp³-hybridized carbons (Fsp3) is 0.722. The van der Waals surface area contributed by atoms with E-state index in [9.17, 15) is 39.0 Å². The van der Waals surface area contributed by atoms with Gasteiger partial charge in [0.2, 0.25) is 0 Å². The van der Waals surface area contributed by atoms with Gasteiger partial charge in [-0.3, -0.25) is 28.8 Å². The van der Waals surface area contributed by atoms with Gasteiger partial charge in [0.05, 0.1) is 17.9 Å². The number of rotatable bonds is 10. The first-order valence-corrected chi connectivity index (χ1v) is 17.2. The Balaban J connectivity index is 2.05. The van der Waals surface area contributed by atoms with Crippen LogP contribution >= 0.6 is 0 Å². The topological polar surface area (TPSA) is 211 Å². The zero-order valence-corrected chi connectivity index (χ0v) is 30.5. The zero-order chi connectivity index (χ0) is 38.2. The van der Waals surface area contributed by atoms with E-state index in [2.05, 4.69) is 0 Å². The van der Waals surface area contributed by atoms with E-state index >= 15 is 0 Å². The molecule has 15 nitrogen and oxygen atoms in total. The van der Waals surface area contributed by atoms with E-state index < -0.39 is 101 Å². The number of epoxide rings is 1. The molecule has 284 valence electrons. The van der Waals surface area contributed by atoms with Crippen LogP contribution < -0.4 is 0 Å². The summed E-state index contributed by atoms with van der Waals surface area (Å²) in [4.78, 5) is 77.7. The summed E-state index contributed by atoms with van der Waals surface area (Å²) >= 11 is 0. The van der Waals surface area contributed by atoms with E-state index in [0.717, 1.165) is 20.8 Å². The van der Waals surface area contributed by atoms with Crippen LogP contribution in [0, 0.1) is 29.1 Å². The molecule has 2 aliphatic carbocycles. The van der Waals surface area contributed by atoms with Crippen molar-refractivity contribution in [2.24, 2.45) is 29.1 Å². The summed E-state index contributed by atoms with van der Waals surface area (Å²) < 4.78 is 40.7. The van der Waals surface area contributed by atoms with Gasteiger partial charge in [0.15, 0.2) is 23.9 Å². The Hall–Kier alpha value is -3.82. The molecular formula is C36H50O15. The highest BCUT2D eigenvalue weighted by atomic mass is 16.6. The van der Waals surface area contributed by atoms with Gasteiger partial charge in [-0.25, -0.2) is 0 Å². The highest BCUT2D eigenvalue weighted by Crippen LogP contribution is 2.62. The van der Waals surface area contributed by atoms with Gasteiger partial charge in [0, 0.05) is 39.5 Å². The molecule has 1 saturated carbocycles. The van der Waals surface area contributed by atoms with E-state index in [1.54, 1.807) is 13.8 Å². The molecule has 3 fully saturated rings. The number of hydrogen-bond donors (Lipinski definition) is 2. The lowest BCUT2D eigenvalue weighted by Crippen LogP contribution is -2.75. The van der Waals surface area contributed by atoms with Crippen LogP contribution in [-0.2, 0) is 61.9 Å². The summed E-state index contributed by atoms with van der Waals surface area (Å²) in [5, 5.41) is 24.9. The van der Waals surface area contributed by atoms with Gasteiger partial charge in [-0.15, -0.1) is 0 Å². The maximum Gasteiger partial charge on any atom is 0.312 e. The van der Waals surface area contributed by atoms with Crippen molar-refractivity contribution in [3.8, 4) is 0 Å². The van der Waals surface area contributed by atoms with Crippen LogP contribution in [0.5, 0.6) is 0 Å². The lowest BCUT2D eigenvalue weighted by Gasteiger charge is -2.58. The van der Waals surface area contributed by atoms with Crippen LogP contribution in [0.3, 0.4) is 0 Å². The fourth-order valence-electron chi connectivity index (χ4n) is 7.68. The van der Waals surface area contributed by atoms with Crippen molar-refractivity contribution < 1.29 is 72.1 Å². The third-order valence-corrected chi connectivity index (χ3v) is 10.1. The van der Waals surface area contributed by atoms with Crippen molar-refractivity contribution in [3.05, 3.63) is 23.8 Å². The van der Waals surface area contributed by atoms with Crippen molar-refractivity contribution >= 4 is 35.8 Å². The number of ether oxygens (including phenoxy) is 7. The maximum absolute atomic E-state index is 13.3. The van der Waals surface area contributed by atoms with Gasteiger partial charge < -0.3 is 43.4 Å². The molecule has 0 radical (unpaired) electrons. The van der Waals surface area contributed by atoms with E-state index in [-0.39, 0.29) is 43.5 Å². The van der Waals surface area contributed by atoms with Crippen molar-refractivity contribution in [2.45, 2.75) is 123 Å². The fourth-order valence-corrected chi connectivity index (χ4v) is 7.68. The lowest BCUT2D eigenvalue weighted by molar-refractivity contribution is -0.277. The first-order valence-electron chi connectivity index (χ1n) is 17.2. The van der Waals surface area contributed by atoms with Gasteiger partial charge in [0.1, 0.15) is 30.5 Å². The van der Waals surface area contributed by atoms with Crippen LogP contribution in [0.15, 0.2) is 23.8 Å². The maximum atomic E-state index is 13.3. The summed E-state index contributed by atoms with van der Waals surface area (Å²) in [6, 6.07) is 0. The van der Waals surface area contributed by atoms with E-state index in [0.29, 0.717) is 0 Å². The second kappa shape index (κ2) is 15.0. The molecule has 0 aromatic rings. The molecule has 11 atom stereocenters. The molecule has 0 bridgehead atoms. The van der Waals surface area contributed by atoms with E-state index in [1.807, 2.05) is 13.8 Å². The van der Waals surface area contributed by atoms with Crippen molar-refractivity contribution in [1.82, 2.24) is 0 Å². The normalized spacial score (nSPS) is 37.0. The minimum atomic E-state index is -2.39. The van der Waals surface area contributed by atoms with E-state index in [1.165, 1.54) is 32.1 Å². The van der Waals surface area contributed by atoms with E-state index in [4.69, 9.17) is 33.2 Å². The second-order valence-corrected chi connectivity index (χ2v) is 15.0. The average Bonchev–Trinajstić information content (AvgIpc) is 3.76. The predicted octanol–water partition coefficient (Wildman–Crippen LogP) is 1.88. The third-order valence-electron chi connectivity index (χ3n) is 10.1. The summed E-state index contributed by atoms with van der Waals surface area (Å²) in [5.74, 6) is -7.62. The van der Waals surface area contributed by atoms with Gasteiger partial charge in [-0.2, -0.15) is 0 Å². The highest BCUT2D eigenvalue weighted by molar-refractivity contribution is 5.78. The Morgan fingerprint density at radius 1 is 0.902 bits per heavy atom. The molecule has 4 aliphatic rings.